The van der Waals surface area contributed by atoms with Crippen LogP contribution < -0.4 is 5.32 Å². The number of aromatic carboxylic acids is 1. The topological polar surface area (TPSA) is 66.4 Å². The van der Waals surface area contributed by atoms with Gasteiger partial charge in [0.1, 0.15) is 0 Å². The van der Waals surface area contributed by atoms with E-state index in [1.807, 2.05) is 6.08 Å². The Bertz CT molecular complexity index is 428. The van der Waals surface area contributed by atoms with Crippen molar-refractivity contribution >= 4 is 23.6 Å². The summed E-state index contributed by atoms with van der Waals surface area (Å²) in [5.74, 6) is 0.502. The number of carboxylic acids is 1. The highest BCUT2D eigenvalue weighted by Crippen LogP contribution is 2.04. The highest BCUT2D eigenvalue weighted by atomic mass is 32.2. The largest absolute Gasteiger partial charge is 0.478 e. The molecule has 1 rings (SSSR count). The fourth-order valence-electron chi connectivity index (χ4n) is 1.27. The minimum absolute atomic E-state index is 0.174. The van der Waals surface area contributed by atoms with Crippen LogP contribution in [0, 0.1) is 0 Å². The smallest absolute Gasteiger partial charge is 0.335 e. The average Bonchev–Trinajstić information content (AvgIpc) is 2.38. The first-order chi connectivity index (χ1) is 8.65. The number of nitrogens with one attached hydrogen (secondary N) is 1. The summed E-state index contributed by atoms with van der Waals surface area (Å²) in [6.07, 6.45) is 1.82. The molecule has 0 aliphatic heterocycles. The first-order valence-corrected chi connectivity index (χ1v) is 6.61. The van der Waals surface area contributed by atoms with Crippen LogP contribution in [0.4, 0.5) is 0 Å². The summed E-state index contributed by atoms with van der Waals surface area (Å²) >= 11 is 1.69. The Balaban J connectivity index is 2.41. The highest BCUT2D eigenvalue weighted by Gasteiger charge is 2.06. The van der Waals surface area contributed by atoms with Gasteiger partial charge in [-0.05, 0) is 24.3 Å². The van der Waals surface area contributed by atoms with Crippen molar-refractivity contribution in [1.29, 1.82) is 0 Å². The van der Waals surface area contributed by atoms with Crippen LogP contribution in [-0.4, -0.2) is 35.0 Å². The van der Waals surface area contributed by atoms with E-state index in [1.54, 1.807) is 11.8 Å². The molecule has 0 heterocycles. The molecule has 1 aromatic carbocycles. The number of rotatable bonds is 7. The Morgan fingerprint density at radius 1 is 1.28 bits per heavy atom. The van der Waals surface area contributed by atoms with Gasteiger partial charge in [-0.15, -0.1) is 6.58 Å². The first-order valence-electron chi connectivity index (χ1n) is 5.45. The fraction of sp³-hybridized carbons (Fsp3) is 0.231. The zero-order valence-corrected chi connectivity index (χ0v) is 10.7. The number of carbonyl (C=O) groups is 2. The second-order valence-electron chi connectivity index (χ2n) is 3.50. The SMILES string of the molecule is C=CCSCCNC(=O)c1ccc(C(=O)O)cc1. The molecule has 0 aliphatic carbocycles. The van der Waals surface area contributed by atoms with Crippen molar-refractivity contribution in [3.63, 3.8) is 0 Å². The summed E-state index contributed by atoms with van der Waals surface area (Å²) in [6.45, 7) is 4.19. The monoisotopic (exact) mass is 265 g/mol. The van der Waals surface area contributed by atoms with Gasteiger partial charge >= 0.3 is 5.97 Å². The van der Waals surface area contributed by atoms with Crippen LogP contribution in [0.5, 0.6) is 0 Å². The molecule has 0 fully saturated rings. The van der Waals surface area contributed by atoms with Crippen LogP contribution in [0.3, 0.4) is 0 Å². The molecular formula is C13H15NO3S. The third kappa shape index (κ3) is 4.63. The number of carboxylic acid groups (broad SMARTS) is 1. The van der Waals surface area contributed by atoms with E-state index in [2.05, 4.69) is 11.9 Å². The van der Waals surface area contributed by atoms with Gasteiger partial charge in [-0.1, -0.05) is 6.08 Å². The molecule has 5 heteroatoms. The van der Waals surface area contributed by atoms with Crippen molar-refractivity contribution in [2.24, 2.45) is 0 Å². The Morgan fingerprint density at radius 3 is 2.44 bits per heavy atom. The van der Waals surface area contributed by atoms with Gasteiger partial charge < -0.3 is 10.4 Å². The number of carbonyl (C=O) groups excluding carboxylic acids is 1. The first kappa shape index (κ1) is 14.3. The summed E-state index contributed by atoms with van der Waals surface area (Å²) in [4.78, 5) is 22.3. The highest BCUT2D eigenvalue weighted by molar-refractivity contribution is 7.99. The van der Waals surface area contributed by atoms with E-state index in [1.165, 1.54) is 24.3 Å². The standard InChI is InChI=1S/C13H15NO3S/c1-2-8-18-9-7-14-12(15)10-3-5-11(6-4-10)13(16)17/h2-6H,1,7-9H2,(H,14,15)(H,16,17). The molecule has 4 nitrogen and oxygen atoms in total. The Morgan fingerprint density at radius 2 is 1.89 bits per heavy atom. The minimum atomic E-state index is -0.997. The number of benzene rings is 1. The van der Waals surface area contributed by atoms with E-state index < -0.39 is 5.97 Å². The lowest BCUT2D eigenvalue weighted by Crippen LogP contribution is -2.25. The van der Waals surface area contributed by atoms with Crippen molar-refractivity contribution in [1.82, 2.24) is 5.32 Å². The van der Waals surface area contributed by atoms with Crippen LogP contribution >= 0.6 is 11.8 Å². The van der Waals surface area contributed by atoms with Crippen LogP contribution in [0.15, 0.2) is 36.9 Å². The summed E-state index contributed by atoms with van der Waals surface area (Å²) in [5.41, 5.74) is 0.641. The predicted octanol–water partition coefficient (Wildman–Crippen LogP) is 2.03. The second kappa shape index (κ2) is 7.55. The van der Waals surface area contributed by atoms with Gasteiger partial charge in [-0.25, -0.2) is 4.79 Å². The van der Waals surface area contributed by atoms with Crippen LogP contribution in [0.1, 0.15) is 20.7 Å². The van der Waals surface area contributed by atoms with E-state index in [4.69, 9.17) is 5.11 Å². The van der Waals surface area contributed by atoms with Gasteiger partial charge in [0, 0.05) is 23.6 Å². The number of hydrogen-bond donors (Lipinski definition) is 2. The normalized spacial score (nSPS) is 9.78. The number of hydrogen-bond acceptors (Lipinski definition) is 3. The molecule has 0 bridgehead atoms. The van der Waals surface area contributed by atoms with Gasteiger partial charge in [-0.2, -0.15) is 11.8 Å². The van der Waals surface area contributed by atoms with Gasteiger partial charge in [-0.3, -0.25) is 4.79 Å². The molecule has 96 valence electrons. The molecule has 0 aromatic heterocycles. The van der Waals surface area contributed by atoms with E-state index in [9.17, 15) is 9.59 Å². The maximum atomic E-state index is 11.7. The van der Waals surface area contributed by atoms with E-state index in [0.717, 1.165) is 11.5 Å². The number of amides is 1. The van der Waals surface area contributed by atoms with Crippen molar-refractivity contribution < 1.29 is 14.7 Å². The van der Waals surface area contributed by atoms with Gasteiger partial charge in [0.25, 0.3) is 5.91 Å². The van der Waals surface area contributed by atoms with Crippen molar-refractivity contribution in [2.75, 3.05) is 18.1 Å². The minimum Gasteiger partial charge on any atom is -0.478 e. The second-order valence-corrected chi connectivity index (χ2v) is 4.65. The average molecular weight is 265 g/mol. The third-order valence-electron chi connectivity index (χ3n) is 2.16. The lowest BCUT2D eigenvalue weighted by Gasteiger charge is -2.04. The molecule has 0 radical (unpaired) electrons. The van der Waals surface area contributed by atoms with Crippen molar-refractivity contribution in [3.8, 4) is 0 Å². The molecule has 2 N–H and O–H groups in total. The molecule has 18 heavy (non-hydrogen) atoms. The summed E-state index contributed by atoms with van der Waals surface area (Å²) in [5, 5.41) is 11.5. The zero-order valence-electron chi connectivity index (χ0n) is 9.89. The lowest BCUT2D eigenvalue weighted by atomic mass is 10.1. The maximum absolute atomic E-state index is 11.7. The zero-order chi connectivity index (χ0) is 13.4. The van der Waals surface area contributed by atoms with Gasteiger partial charge in [0.05, 0.1) is 5.56 Å². The summed E-state index contributed by atoms with van der Waals surface area (Å²) < 4.78 is 0. The molecule has 0 spiro atoms. The predicted molar refractivity (Wildman–Crippen MR) is 73.3 cm³/mol. The van der Waals surface area contributed by atoms with Gasteiger partial charge in [0.15, 0.2) is 0 Å². The molecular weight excluding hydrogens is 250 g/mol. The van der Waals surface area contributed by atoms with E-state index in [0.29, 0.717) is 12.1 Å². The van der Waals surface area contributed by atoms with Crippen molar-refractivity contribution in [2.45, 2.75) is 0 Å². The van der Waals surface area contributed by atoms with Crippen LogP contribution in [0.25, 0.3) is 0 Å². The summed E-state index contributed by atoms with van der Waals surface area (Å²) in [7, 11) is 0. The lowest BCUT2D eigenvalue weighted by molar-refractivity contribution is 0.0696. The number of thioether (sulfide) groups is 1. The molecule has 0 saturated heterocycles. The van der Waals surface area contributed by atoms with Gasteiger partial charge in [0.2, 0.25) is 0 Å². The Kier molecular flexibility index (Phi) is 6.00. The Labute approximate surface area is 110 Å². The Hall–Kier alpha value is -1.75. The maximum Gasteiger partial charge on any atom is 0.335 e. The van der Waals surface area contributed by atoms with Crippen LogP contribution in [-0.2, 0) is 0 Å². The summed E-state index contributed by atoms with van der Waals surface area (Å²) in [6, 6.07) is 5.86. The fourth-order valence-corrected chi connectivity index (χ4v) is 1.85. The molecule has 0 atom stereocenters. The van der Waals surface area contributed by atoms with Crippen LogP contribution in [0.2, 0.25) is 0 Å². The van der Waals surface area contributed by atoms with E-state index >= 15 is 0 Å². The van der Waals surface area contributed by atoms with E-state index in [-0.39, 0.29) is 11.5 Å². The molecule has 0 aliphatic rings. The molecule has 0 saturated carbocycles. The van der Waals surface area contributed by atoms with Crippen molar-refractivity contribution in [3.05, 3.63) is 48.0 Å². The molecule has 1 amide bonds. The molecule has 1 aromatic rings. The molecule has 0 unspecified atom stereocenters. The quantitative estimate of drug-likeness (QED) is 0.585. The third-order valence-corrected chi connectivity index (χ3v) is 3.13.